The van der Waals surface area contributed by atoms with Crippen LogP contribution in [0.3, 0.4) is 0 Å². The summed E-state index contributed by atoms with van der Waals surface area (Å²) < 4.78 is 6.13. The van der Waals surface area contributed by atoms with Crippen molar-refractivity contribution in [2.75, 3.05) is 12.4 Å². The Morgan fingerprint density at radius 3 is 2.80 bits per heavy atom. The SMILES string of the molecule is COC(=O)NC1(O)CCC(n2c(=O)n(C(O)(O)O)c3cnc(Nc4ccc5cn[nH]c5n4)cc32)C1. The van der Waals surface area contributed by atoms with Gasteiger partial charge in [-0.1, -0.05) is 0 Å². The van der Waals surface area contributed by atoms with E-state index in [1.165, 1.54) is 16.8 Å². The van der Waals surface area contributed by atoms with E-state index >= 15 is 0 Å². The average molecular weight is 486 g/mol. The van der Waals surface area contributed by atoms with Crippen LogP contribution in [0.4, 0.5) is 16.4 Å². The van der Waals surface area contributed by atoms with Crippen LogP contribution >= 0.6 is 0 Å². The number of nitrogens with one attached hydrogen (secondary N) is 3. The van der Waals surface area contributed by atoms with Crippen LogP contribution in [0.2, 0.25) is 0 Å². The van der Waals surface area contributed by atoms with Crippen LogP contribution in [0.15, 0.2) is 35.4 Å². The van der Waals surface area contributed by atoms with Crippen molar-refractivity contribution in [2.24, 2.45) is 0 Å². The van der Waals surface area contributed by atoms with E-state index in [0.717, 1.165) is 12.5 Å². The quantitative estimate of drug-likeness (QED) is 0.179. The Bertz CT molecular complexity index is 1490. The molecule has 1 fully saturated rings. The van der Waals surface area contributed by atoms with E-state index in [-0.39, 0.29) is 36.1 Å². The fourth-order valence-corrected chi connectivity index (χ4v) is 4.43. The lowest BCUT2D eigenvalue weighted by molar-refractivity contribution is -0.374. The molecule has 2 atom stereocenters. The molecule has 2 unspecified atom stereocenters. The normalized spacial score (nSPS) is 20.4. The highest BCUT2D eigenvalue weighted by Gasteiger charge is 2.42. The molecule has 0 aromatic carbocycles. The van der Waals surface area contributed by atoms with Crippen molar-refractivity contribution < 1.29 is 30.0 Å². The van der Waals surface area contributed by atoms with Gasteiger partial charge in [-0.25, -0.2) is 24.1 Å². The number of hydrogen-bond donors (Lipinski definition) is 7. The second-order valence-corrected chi connectivity index (χ2v) is 8.32. The highest BCUT2D eigenvalue weighted by Crippen LogP contribution is 2.37. The molecule has 0 saturated heterocycles. The molecular weight excluding hydrogens is 464 g/mol. The lowest BCUT2D eigenvalue weighted by Crippen LogP contribution is -2.47. The maximum absolute atomic E-state index is 13.2. The molecule has 0 bridgehead atoms. The number of nitrogens with zero attached hydrogens (tertiary/aromatic N) is 5. The summed E-state index contributed by atoms with van der Waals surface area (Å²) >= 11 is 0. The lowest BCUT2D eigenvalue weighted by atomic mass is 10.2. The Labute approximate surface area is 195 Å². The molecular formula is C20H22N8O7. The number of aliphatic hydroxyl groups is 4. The van der Waals surface area contributed by atoms with E-state index in [1.54, 1.807) is 18.3 Å². The molecule has 4 heterocycles. The summed E-state index contributed by atoms with van der Waals surface area (Å²) in [7, 11) is 1.16. The van der Waals surface area contributed by atoms with Crippen LogP contribution in [0.1, 0.15) is 25.3 Å². The molecule has 1 aliphatic rings. The molecule has 0 spiro atoms. The van der Waals surface area contributed by atoms with E-state index < -0.39 is 29.6 Å². The monoisotopic (exact) mass is 486 g/mol. The number of rotatable bonds is 5. The van der Waals surface area contributed by atoms with Gasteiger partial charge in [0.1, 0.15) is 17.4 Å². The van der Waals surface area contributed by atoms with Gasteiger partial charge >= 0.3 is 17.9 Å². The maximum Gasteiger partial charge on any atom is 0.409 e. The number of hydrogen-bond acceptors (Lipinski definition) is 11. The minimum Gasteiger partial charge on any atom is -0.453 e. The summed E-state index contributed by atoms with van der Waals surface area (Å²) in [5, 5.41) is 53.1. The molecule has 184 valence electrons. The van der Waals surface area contributed by atoms with Crippen molar-refractivity contribution in [3.63, 3.8) is 0 Å². The van der Waals surface area contributed by atoms with Gasteiger partial charge in [0.2, 0.25) is 0 Å². The third kappa shape index (κ3) is 4.06. The minimum atomic E-state index is -3.50. The highest BCUT2D eigenvalue weighted by atomic mass is 16.7. The first kappa shape index (κ1) is 22.7. The molecule has 4 aromatic rings. The first-order chi connectivity index (χ1) is 16.6. The Balaban J connectivity index is 1.56. The highest BCUT2D eigenvalue weighted by molar-refractivity contribution is 5.80. The zero-order chi connectivity index (χ0) is 25.0. The number of ether oxygens (including phenoxy) is 1. The van der Waals surface area contributed by atoms with Crippen LogP contribution in [-0.4, -0.2) is 68.7 Å². The number of carbonyl (C=O) groups is 1. The first-order valence-electron chi connectivity index (χ1n) is 10.5. The van der Waals surface area contributed by atoms with E-state index in [1.807, 2.05) is 0 Å². The van der Waals surface area contributed by atoms with Crippen molar-refractivity contribution in [2.45, 2.75) is 37.1 Å². The van der Waals surface area contributed by atoms with Crippen molar-refractivity contribution in [3.8, 4) is 0 Å². The maximum atomic E-state index is 13.2. The summed E-state index contributed by atoms with van der Waals surface area (Å²) in [6.45, 7) is 0. The van der Waals surface area contributed by atoms with Crippen LogP contribution in [-0.2, 0) is 10.8 Å². The molecule has 7 N–H and O–H groups in total. The summed E-state index contributed by atoms with van der Waals surface area (Å²) in [6, 6.07) is 4.32. The number of pyridine rings is 2. The summed E-state index contributed by atoms with van der Waals surface area (Å²) in [6.07, 6.45) is -1.21. The van der Waals surface area contributed by atoms with Gasteiger partial charge in [0, 0.05) is 23.9 Å². The lowest BCUT2D eigenvalue weighted by Gasteiger charge is -2.23. The van der Waals surface area contributed by atoms with Gasteiger partial charge in [0.15, 0.2) is 5.65 Å². The van der Waals surface area contributed by atoms with Gasteiger partial charge in [-0.3, -0.25) is 15.0 Å². The van der Waals surface area contributed by atoms with Gasteiger partial charge in [-0.2, -0.15) is 5.10 Å². The smallest absolute Gasteiger partial charge is 0.409 e. The van der Waals surface area contributed by atoms with Gasteiger partial charge < -0.3 is 30.5 Å². The summed E-state index contributed by atoms with van der Waals surface area (Å²) in [5.41, 5.74) is -1.91. The standard InChI is InChI=1S/C20H22N8O7/c1-35-17(29)25-19(31)5-4-11(7-19)27-12-6-15(21-9-13(12)28(18(27)30)20(32,33)34)23-14-3-2-10-8-22-26-16(10)24-14/h2-3,6,8-9,11,31-34H,4-5,7H2,1H3,(H,25,29)(H2,21,22,23,24,26). The van der Waals surface area contributed by atoms with E-state index in [2.05, 4.69) is 35.5 Å². The van der Waals surface area contributed by atoms with Crippen molar-refractivity contribution in [3.05, 3.63) is 41.1 Å². The number of fused-ring (bicyclic) bond motifs is 2. The van der Waals surface area contributed by atoms with E-state index in [9.17, 15) is 30.0 Å². The number of anilines is 2. The molecule has 1 amide bonds. The Morgan fingerprint density at radius 1 is 1.26 bits per heavy atom. The molecule has 15 heteroatoms. The van der Waals surface area contributed by atoms with Gasteiger partial charge in [-0.05, 0) is 25.0 Å². The molecule has 15 nitrogen and oxygen atoms in total. The van der Waals surface area contributed by atoms with Gasteiger partial charge in [0.25, 0.3) is 0 Å². The minimum absolute atomic E-state index is 0.0682. The second kappa shape index (κ2) is 8.02. The molecule has 1 aliphatic carbocycles. The fourth-order valence-electron chi connectivity index (χ4n) is 4.43. The molecule has 4 aromatic heterocycles. The van der Waals surface area contributed by atoms with Crippen LogP contribution in [0, 0.1) is 0 Å². The zero-order valence-electron chi connectivity index (χ0n) is 18.3. The molecule has 35 heavy (non-hydrogen) atoms. The zero-order valence-corrected chi connectivity index (χ0v) is 18.3. The van der Waals surface area contributed by atoms with E-state index in [4.69, 9.17) is 0 Å². The fraction of sp³-hybridized carbons (Fsp3) is 0.350. The number of aromatic nitrogens is 6. The number of alkyl carbamates (subject to hydrolysis) is 1. The number of methoxy groups -OCH3 is 1. The molecule has 0 radical (unpaired) electrons. The Kier molecular flexibility index (Phi) is 5.21. The molecule has 5 rings (SSSR count). The number of H-pyrrole nitrogens is 1. The van der Waals surface area contributed by atoms with E-state index in [0.29, 0.717) is 16.0 Å². The molecule has 1 saturated carbocycles. The Morgan fingerprint density at radius 2 is 2.06 bits per heavy atom. The van der Waals surface area contributed by atoms with Crippen molar-refractivity contribution in [1.82, 2.24) is 34.6 Å². The topological polar surface area (TPSA) is 213 Å². The average Bonchev–Trinajstić information content (AvgIpc) is 3.47. The third-order valence-electron chi connectivity index (χ3n) is 5.97. The van der Waals surface area contributed by atoms with Crippen molar-refractivity contribution in [1.29, 1.82) is 0 Å². The number of amides is 1. The second-order valence-electron chi connectivity index (χ2n) is 8.32. The number of aromatic amines is 1. The summed E-state index contributed by atoms with van der Waals surface area (Å²) in [4.78, 5) is 33.4. The summed E-state index contributed by atoms with van der Waals surface area (Å²) in [5.74, 6) is 0.704. The van der Waals surface area contributed by atoms with Crippen LogP contribution < -0.4 is 16.3 Å². The van der Waals surface area contributed by atoms with Crippen molar-refractivity contribution >= 4 is 39.8 Å². The predicted octanol–water partition coefficient (Wildman–Crippen LogP) is -0.473. The van der Waals surface area contributed by atoms with Crippen LogP contribution in [0.25, 0.3) is 22.1 Å². The van der Waals surface area contributed by atoms with Gasteiger partial charge in [0.05, 0.1) is 30.5 Å². The number of carbonyl (C=O) groups excluding carboxylic acids is 1. The predicted molar refractivity (Wildman–Crippen MR) is 119 cm³/mol. The third-order valence-corrected chi connectivity index (χ3v) is 5.97. The Hall–Kier alpha value is -4.05. The number of imidazole rings is 1. The van der Waals surface area contributed by atoms with Gasteiger partial charge in [-0.15, -0.1) is 0 Å². The van der Waals surface area contributed by atoms with Crippen LogP contribution in [0.5, 0.6) is 0 Å². The molecule has 0 aliphatic heterocycles. The largest absolute Gasteiger partial charge is 0.453 e. The first-order valence-corrected chi connectivity index (χ1v) is 10.5.